The molecule has 1 aromatic heterocycles. The van der Waals surface area contributed by atoms with Crippen molar-refractivity contribution in [2.24, 2.45) is 0 Å². The summed E-state index contributed by atoms with van der Waals surface area (Å²) in [6.45, 7) is 5.87. The molecule has 3 N–H and O–H groups in total. The summed E-state index contributed by atoms with van der Waals surface area (Å²) in [5, 5.41) is 9.76. The first-order chi connectivity index (χ1) is 16.2. The quantitative estimate of drug-likeness (QED) is 0.404. The second-order valence-electron chi connectivity index (χ2n) is 7.98. The number of amides is 2. The molecule has 34 heavy (non-hydrogen) atoms. The van der Waals surface area contributed by atoms with Crippen LogP contribution in [0.5, 0.6) is 0 Å². The minimum absolute atomic E-state index is 0.0715. The molecule has 0 spiro atoms. The van der Waals surface area contributed by atoms with Crippen molar-refractivity contribution in [3.05, 3.63) is 82.7 Å². The molecule has 0 unspecified atom stereocenters. The van der Waals surface area contributed by atoms with Gasteiger partial charge in [0, 0.05) is 17.8 Å². The summed E-state index contributed by atoms with van der Waals surface area (Å²) in [6, 6.07) is 16.3. The Hall–Kier alpha value is -3.50. The van der Waals surface area contributed by atoms with Crippen molar-refractivity contribution in [1.29, 1.82) is 0 Å². The molecule has 180 valence electrons. The van der Waals surface area contributed by atoms with Gasteiger partial charge in [0.2, 0.25) is 21.8 Å². The van der Waals surface area contributed by atoms with E-state index in [4.69, 9.17) is 0 Å². The number of aromatic nitrogens is 2. The number of nitrogens with one attached hydrogen (secondary N) is 3. The number of carbonyl (C=O) groups excluding carboxylic acids is 2. The molecule has 0 radical (unpaired) electrons. The standard InChI is InChI=1S/C24H29N5O4S/c1-17-9-11-21(12-10-17)34(32,33)27-15-24(31)26-14-23(30)25-13-22-18(2)28-29(19(22)3)16-20-7-5-4-6-8-20/h4-12,27H,13-16H2,1-3H3,(H,25,30)(H,26,31). The molecule has 0 aliphatic rings. The normalized spacial score (nSPS) is 11.3. The van der Waals surface area contributed by atoms with E-state index in [-0.39, 0.29) is 23.9 Å². The third-order valence-corrected chi connectivity index (χ3v) is 6.79. The van der Waals surface area contributed by atoms with Crippen molar-refractivity contribution < 1.29 is 18.0 Å². The van der Waals surface area contributed by atoms with Crippen molar-refractivity contribution >= 4 is 21.8 Å². The summed E-state index contributed by atoms with van der Waals surface area (Å²) in [5.74, 6) is -0.988. The summed E-state index contributed by atoms with van der Waals surface area (Å²) >= 11 is 0. The molecule has 1 heterocycles. The Morgan fingerprint density at radius 2 is 1.53 bits per heavy atom. The number of benzene rings is 2. The van der Waals surface area contributed by atoms with E-state index >= 15 is 0 Å². The molecule has 10 heteroatoms. The van der Waals surface area contributed by atoms with Crippen LogP contribution in [0.15, 0.2) is 59.5 Å². The Bertz CT molecular complexity index is 1250. The van der Waals surface area contributed by atoms with Crippen LogP contribution in [0.1, 0.15) is 28.1 Å². The number of hydrogen-bond donors (Lipinski definition) is 3. The number of hydrogen-bond acceptors (Lipinski definition) is 5. The number of nitrogens with zero attached hydrogens (tertiary/aromatic N) is 2. The number of rotatable bonds is 10. The molecule has 0 aliphatic heterocycles. The highest BCUT2D eigenvalue weighted by Gasteiger charge is 2.16. The maximum Gasteiger partial charge on any atom is 0.241 e. The zero-order valence-corrected chi connectivity index (χ0v) is 20.3. The molecule has 2 aromatic carbocycles. The summed E-state index contributed by atoms with van der Waals surface area (Å²) in [6.07, 6.45) is 0. The molecule has 3 rings (SSSR count). The number of sulfonamides is 1. The molecule has 0 saturated heterocycles. The van der Waals surface area contributed by atoms with E-state index in [0.29, 0.717) is 6.54 Å². The average Bonchev–Trinajstić information content (AvgIpc) is 3.08. The predicted molar refractivity (Wildman–Crippen MR) is 128 cm³/mol. The van der Waals surface area contributed by atoms with Crippen LogP contribution in [0.3, 0.4) is 0 Å². The van der Waals surface area contributed by atoms with Gasteiger partial charge >= 0.3 is 0 Å². The molecule has 0 aliphatic carbocycles. The first-order valence-electron chi connectivity index (χ1n) is 10.8. The molecule has 0 saturated carbocycles. The third kappa shape index (κ3) is 6.75. The lowest BCUT2D eigenvalue weighted by Crippen LogP contribution is -2.41. The minimum Gasteiger partial charge on any atom is -0.350 e. The maximum absolute atomic E-state index is 12.2. The van der Waals surface area contributed by atoms with Gasteiger partial charge in [-0.05, 0) is 38.5 Å². The van der Waals surface area contributed by atoms with Gasteiger partial charge in [-0.3, -0.25) is 14.3 Å². The van der Waals surface area contributed by atoms with Crippen LogP contribution in [-0.4, -0.2) is 43.1 Å². The van der Waals surface area contributed by atoms with Crippen molar-refractivity contribution in [3.63, 3.8) is 0 Å². The smallest absolute Gasteiger partial charge is 0.241 e. The van der Waals surface area contributed by atoms with E-state index in [2.05, 4.69) is 20.5 Å². The van der Waals surface area contributed by atoms with Crippen molar-refractivity contribution in [2.75, 3.05) is 13.1 Å². The lowest BCUT2D eigenvalue weighted by molar-refractivity contribution is -0.125. The highest BCUT2D eigenvalue weighted by atomic mass is 32.2. The fourth-order valence-electron chi connectivity index (χ4n) is 3.35. The van der Waals surface area contributed by atoms with Gasteiger partial charge in [-0.1, -0.05) is 48.0 Å². The average molecular weight is 484 g/mol. The van der Waals surface area contributed by atoms with E-state index in [0.717, 1.165) is 28.1 Å². The molecule has 0 atom stereocenters. The topological polar surface area (TPSA) is 122 Å². The Morgan fingerprint density at radius 1 is 0.882 bits per heavy atom. The van der Waals surface area contributed by atoms with Crippen LogP contribution < -0.4 is 15.4 Å². The molecular formula is C24H29N5O4S. The van der Waals surface area contributed by atoms with Crippen molar-refractivity contribution in [3.8, 4) is 0 Å². The third-order valence-electron chi connectivity index (χ3n) is 5.37. The van der Waals surface area contributed by atoms with Gasteiger partial charge < -0.3 is 10.6 Å². The Kier molecular flexibility index (Phi) is 8.19. The van der Waals surface area contributed by atoms with Crippen molar-refractivity contribution in [2.45, 2.75) is 38.8 Å². The molecule has 3 aromatic rings. The first kappa shape index (κ1) is 25.1. The fraction of sp³-hybridized carbons (Fsp3) is 0.292. The molecule has 2 amide bonds. The lowest BCUT2D eigenvalue weighted by atomic mass is 10.2. The van der Waals surface area contributed by atoms with Gasteiger partial charge in [-0.15, -0.1) is 0 Å². The number of carbonyl (C=O) groups is 2. The van der Waals surface area contributed by atoms with E-state index in [1.54, 1.807) is 12.1 Å². The minimum atomic E-state index is -3.81. The van der Waals surface area contributed by atoms with Gasteiger partial charge in [0.15, 0.2) is 0 Å². The zero-order chi connectivity index (χ0) is 24.7. The SMILES string of the molecule is Cc1ccc(S(=O)(=O)NCC(=O)NCC(=O)NCc2c(C)nn(Cc3ccccc3)c2C)cc1. The zero-order valence-electron chi connectivity index (χ0n) is 19.5. The fourth-order valence-corrected chi connectivity index (χ4v) is 4.33. The monoisotopic (exact) mass is 483 g/mol. The van der Waals surface area contributed by atoms with Gasteiger partial charge in [0.05, 0.1) is 30.2 Å². The molecular weight excluding hydrogens is 454 g/mol. The van der Waals surface area contributed by atoms with Gasteiger partial charge in [0.25, 0.3) is 0 Å². The molecule has 0 bridgehead atoms. The number of aryl methyl sites for hydroxylation is 2. The van der Waals surface area contributed by atoms with E-state index in [1.807, 2.05) is 55.8 Å². The summed E-state index contributed by atoms with van der Waals surface area (Å²) in [7, 11) is -3.81. The maximum atomic E-state index is 12.2. The predicted octanol–water partition coefficient (Wildman–Crippen LogP) is 1.57. The molecule has 9 nitrogen and oxygen atoms in total. The Morgan fingerprint density at radius 3 is 2.21 bits per heavy atom. The summed E-state index contributed by atoms with van der Waals surface area (Å²) < 4.78 is 28.6. The van der Waals surface area contributed by atoms with E-state index < -0.39 is 22.5 Å². The highest BCUT2D eigenvalue weighted by molar-refractivity contribution is 7.89. The van der Waals surface area contributed by atoms with Gasteiger partial charge in [-0.2, -0.15) is 5.10 Å². The lowest BCUT2D eigenvalue weighted by Gasteiger charge is -2.09. The van der Waals surface area contributed by atoms with Crippen LogP contribution in [0.4, 0.5) is 0 Å². The van der Waals surface area contributed by atoms with E-state index in [1.165, 1.54) is 12.1 Å². The molecule has 0 fully saturated rings. The van der Waals surface area contributed by atoms with Gasteiger partial charge in [-0.25, -0.2) is 13.1 Å². The first-order valence-corrected chi connectivity index (χ1v) is 12.3. The van der Waals surface area contributed by atoms with Crippen molar-refractivity contribution in [1.82, 2.24) is 25.1 Å². The van der Waals surface area contributed by atoms with Crippen LogP contribution in [-0.2, 0) is 32.7 Å². The van der Waals surface area contributed by atoms with Crippen LogP contribution in [0.2, 0.25) is 0 Å². The summed E-state index contributed by atoms with van der Waals surface area (Å²) in [4.78, 5) is 24.3. The van der Waals surface area contributed by atoms with Crippen LogP contribution in [0, 0.1) is 20.8 Å². The second kappa shape index (κ2) is 11.1. The Balaban J connectivity index is 1.45. The van der Waals surface area contributed by atoms with Crippen LogP contribution >= 0.6 is 0 Å². The van der Waals surface area contributed by atoms with E-state index in [9.17, 15) is 18.0 Å². The van der Waals surface area contributed by atoms with Crippen LogP contribution in [0.25, 0.3) is 0 Å². The summed E-state index contributed by atoms with van der Waals surface area (Å²) in [5.41, 5.74) is 4.75. The largest absolute Gasteiger partial charge is 0.350 e. The second-order valence-corrected chi connectivity index (χ2v) is 9.75. The Labute approximate surface area is 199 Å². The highest BCUT2D eigenvalue weighted by Crippen LogP contribution is 2.14. The van der Waals surface area contributed by atoms with Gasteiger partial charge in [0.1, 0.15) is 0 Å².